The van der Waals surface area contributed by atoms with Crippen LogP contribution in [0.15, 0.2) is 54.8 Å². The molecule has 8 heteroatoms. The summed E-state index contributed by atoms with van der Waals surface area (Å²) in [6, 6.07) is 9.50. The number of nitrogens with one attached hydrogen (secondary N) is 1. The molecule has 0 bridgehead atoms. The Hall–Kier alpha value is -1.95. The van der Waals surface area contributed by atoms with Gasteiger partial charge in [-0.3, -0.25) is 9.69 Å². The number of urea groups is 1. The molecule has 2 aromatic carbocycles. The maximum atomic E-state index is 13.3. The van der Waals surface area contributed by atoms with Crippen LogP contribution in [0.4, 0.5) is 9.18 Å². The minimum atomic E-state index is -0.462. The van der Waals surface area contributed by atoms with Crippen molar-refractivity contribution in [3.63, 3.8) is 0 Å². The second kappa shape index (κ2) is 9.03. The molecule has 28 heavy (non-hydrogen) atoms. The first-order chi connectivity index (χ1) is 13.4. The Balaban J connectivity index is 1.79. The quantitative estimate of drug-likeness (QED) is 0.226. The van der Waals surface area contributed by atoms with Crippen LogP contribution in [0.25, 0.3) is 6.08 Å². The molecule has 1 fully saturated rings. The van der Waals surface area contributed by atoms with E-state index >= 15 is 0 Å². The summed E-state index contributed by atoms with van der Waals surface area (Å²) < 4.78 is 20.8. The number of nitrogens with zero attached hydrogens (tertiary/aromatic N) is 1. The molecule has 1 heterocycles. The van der Waals surface area contributed by atoms with Gasteiger partial charge in [0.1, 0.15) is 23.9 Å². The first-order valence-corrected chi connectivity index (χ1v) is 10.4. The van der Waals surface area contributed by atoms with E-state index in [1.165, 1.54) is 18.2 Å². The van der Waals surface area contributed by atoms with E-state index in [4.69, 9.17) is 4.74 Å². The Kier molecular flexibility index (Phi) is 6.70. The zero-order valence-electron chi connectivity index (χ0n) is 14.5. The summed E-state index contributed by atoms with van der Waals surface area (Å²) >= 11 is 4.29. The fourth-order valence-corrected chi connectivity index (χ4v) is 4.74. The summed E-state index contributed by atoms with van der Waals surface area (Å²) in [5.74, 6) is -0.00901. The lowest BCUT2D eigenvalue weighted by Gasteiger charge is -2.12. The molecule has 0 atom stereocenters. The lowest BCUT2D eigenvalue weighted by Crippen LogP contribution is -2.30. The van der Waals surface area contributed by atoms with Gasteiger partial charge in [-0.1, -0.05) is 18.2 Å². The molecule has 3 rings (SSSR count). The number of ether oxygens (including phenoxy) is 1. The van der Waals surface area contributed by atoms with Crippen molar-refractivity contribution in [3.05, 3.63) is 78.8 Å². The molecule has 0 radical (unpaired) electrons. The summed E-state index contributed by atoms with van der Waals surface area (Å²) in [4.78, 5) is 25.3. The topological polar surface area (TPSA) is 58.6 Å². The van der Waals surface area contributed by atoms with Gasteiger partial charge in [0.25, 0.3) is 5.91 Å². The number of benzene rings is 2. The Labute approximate surface area is 188 Å². The van der Waals surface area contributed by atoms with Crippen LogP contribution in [0.1, 0.15) is 11.1 Å². The van der Waals surface area contributed by atoms with Crippen molar-refractivity contribution >= 4 is 63.2 Å². The molecular formula is C20H15FI2N2O3. The fourth-order valence-electron chi connectivity index (χ4n) is 2.62. The first kappa shape index (κ1) is 20.8. The minimum absolute atomic E-state index is 0.157. The van der Waals surface area contributed by atoms with Gasteiger partial charge in [-0.05, 0) is 86.7 Å². The zero-order valence-corrected chi connectivity index (χ0v) is 18.9. The van der Waals surface area contributed by atoms with Crippen molar-refractivity contribution in [1.82, 2.24) is 10.2 Å². The molecule has 2 aromatic rings. The van der Waals surface area contributed by atoms with Crippen molar-refractivity contribution in [2.24, 2.45) is 0 Å². The number of rotatable bonds is 6. The van der Waals surface area contributed by atoms with Gasteiger partial charge in [-0.25, -0.2) is 9.18 Å². The Morgan fingerprint density at radius 2 is 1.89 bits per heavy atom. The van der Waals surface area contributed by atoms with Gasteiger partial charge < -0.3 is 10.1 Å². The molecule has 144 valence electrons. The second-order valence-corrected chi connectivity index (χ2v) is 8.25. The van der Waals surface area contributed by atoms with Gasteiger partial charge in [-0.15, -0.1) is 6.58 Å². The number of hydrogen-bond acceptors (Lipinski definition) is 3. The Morgan fingerprint density at radius 1 is 1.18 bits per heavy atom. The highest BCUT2D eigenvalue weighted by Crippen LogP contribution is 2.31. The lowest BCUT2D eigenvalue weighted by molar-refractivity contribution is -0.122. The van der Waals surface area contributed by atoms with Gasteiger partial charge in [0.05, 0.1) is 7.14 Å². The average Bonchev–Trinajstić information content (AvgIpc) is 2.89. The molecule has 0 saturated carbocycles. The summed E-state index contributed by atoms with van der Waals surface area (Å²) in [7, 11) is 0. The predicted molar refractivity (Wildman–Crippen MR) is 121 cm³/mol. The Bertz CT molecular complexity index is 968. The van der Waals surface area contributed by atoms with E-state index in [0.717, 1.165) is 23.2 Å². The molecule has 1 aliphatic heterocycles. The van der Waals surface area contributed by atoms with Crippen LogP contribution >= 0.6 is 45.2 Å². The van der Waals surface area contributed by atoms with Crippen LogP contribution in [-0.2, 0) is 11.4 Å². The van der Waals surface area contributed by atoms with E-state index in [-0.39, 0.29) is 30.6 Å². The predicted octanol–water partition coefficient (Wildman–Crippen LogP) is 4.69. The molecule has 0 spiro atoms. The van der Waals surface area contributed by atoms with E-state index in [1.54, 1.807) is 18.2 Å². The van der Waals surface area contributed by atoms with E-state index in [1.807, 2.05) is 12.1 Å². The molecule has 0 aliphatic carbocycles. The highest BCUT2D eigenvalue weighted by atomic mass is 127. The summed E-state index contributed by atoms with van der Waals surface area (Å²) in [5.41, 5.74) is 1.71. The molecule has 0 aromatic heterocycles. The van der Waals surface area contributed by atoms with Gasteiger partial charge in [0, 0.05) is 6.54 Å². The van der Waals surface area contributed by atoms with Crippen molar-refractivity contribution in [2.75, 3.05) is 6.54 Å². The molecule has 5 nitrogen and oxygen atoms in total. The van der Waals surface area contributed by atoms with Crippen LogP contribution in [0.2, 0.25) is 0 Å². The molecule has 3 amide bonds. The van der Waals surface area contributed by atoms with Crippen molar-refractivity contribution in [2.45, 2.75) is 6.61 Å². The van der Waals surface area contributed by atoms with Crippen molar-refractivity contribution in [3.8, 4) is 5.75 Å². The zero-order chi connectivity index (χ0) is 20.3. The maximum Gasteiger partial charge on any atom is 0.329 e. The van der Waals surface area contributed by atoms with Gasteiger partial charge in [-0.2, -0.15) is 0 Å². The third kappa shape index (κ3) is 4.72. The van der Waals surface area contributed by atoms with Crippen LogP contribution < -0.4 is 10.1 Å². The van der Waals surface area contributed by atoms with Crippen LogP contribution in [0.3, 0.4) is 0 Å². The highest BCUT2D eigenvalue weighted by molar-refractivity contribution is 14.1. The van der Waals surface area contributed by atoms with Gasteiger partial charge >= 0.3 is 6.03 Å². The van der Waals surface area contributed by atoms with Crippen LogP contribution in [0, 0.1) is 13.0 Å². The molecule has 1 aliphatic rings. The second-order valence-electron chi connectivity index (χ2n) is 5.92. The molecular weight excluding hydrogens is 589 g/mol. The third-order valence-corrected chi connectivity index (χ3v) is 5.48. The molecule has 1 saturated heterocycles. The number of carbonyl (C=O) groups is 2. The maximum absolute atomic E-state index is 13.3. The van der Waals surface area contributed by atoms with Gasteiger partial charge in [0.15, 0.2) is 0 Å². The number of amides is 3. The summed E-state index contributed by atoms with van der Waals surface area (Å²) in [6.07, 6.45) is 3.13. The molecule has 0 unspecified atom stereocenters. The third-order valence-electron chi connectivity index (χ3n) is 3.88. The summed E-state index contributed by atoms with van der Waals surface area (Å²) in [5, 5.41) is 2.57. The van der Waals surface area contributed by atoms with Crippen molar-refractivity contribution < 1.29 is 18.7 Å². The van der Waals surface area contributed by atoms with Crippen LogP contribution in [0.5, 0.6) is 5.75 Å². The van der Waals surface area contributed by atoms with E-state index in [0.29, 0.717) is 5.75 Å². The standard InChI is InChI=1S/C20H15FI2N2O3/c1-2-6-25-19(26)17(24-20(25)27)10-13-8-15(22)18(16(23)9-13)28-11-12-4-3-5-14(21)7-12/h2-5,7-10H,1,6,11H2,(H,24,27)/b17-10+. The van der Waals surface area contributed by atoms with E-state index < -0.39 is 6.03 Å². The SMILES string of the molecule is C=CCN1C(=O)N/C(=C/c2cc(I)c(OCc3cccc(F)c3)c(I)c2)C1=O. The number of halogens is 3. The summed E-state index contributed by atoms with van der Waals surface area (Å²) in [6.45, 7) is 3.95. The van der Waals surface area contributed by atoms with E-state index in [9.17, 15) is 14.0 Å². The lowest BCUT2D eigenvalue weighted by atomic mass is 10.2. The fraction of sp³-hybridized carbons (Fsp3) is 0.100. The van der Waals surface area contributed by atoms with Gasteiger partial charge in [0.2, 0.25) is 0 Å². The number of carbonyl (C=O) groups excluding carboxylic acids is 2. The molecule has 1 N–H and O–H groups in total. The normalized spacial score (nSPS) is 15.1. The largest absolute Gasteiger partial charge is 0.487 e. The monoisotopic (exact) mass is 604 g/mol. The highest BCUT2D eigenvalue weighted by Gasteiger charge is 2.32. The van der Waals surface area contributed by atoms with Crippen molar-refractivity contribution in [1.29, 1.82) is 0 Å². The average molecular weight is 604 g/mol. The minimum Gasteiger partial charge on any atom is -0.487 e. The van der Waals surface area contributed by atoms with Crippen LogP contribution in [-0.4, -0.2) is 23.4 Å². The Morgan fingerprint density at radius 3 is 2.54 bits per heavy atom. The first-order valence-electron chi connectivity index (χ1n) is 8.20. The van der Waals surface area contributed by atoms with E-state index in [2.05, 4.69) is 57.1 Å². The number of imide groups is 1. The number of hydrogen-bond donors (Lipinski definition) is 1. The smallest absolute Gasteiger partial charge is 0.329 e.